The zero-order chi connectivity index (χ0) is 21.7. The van der Waals surface area contributed by atoms with Gasteiger partial charge in [0.15, 0.2) is 11.2 Å². The van der Waals surface area contributed by atoms with E-state index in [1.165, 1.54) is 40.2 Å². The van der Waals surface area contributed by atoms with Gasteiger partial charge < -0.3 is 18.8 Å². The largest absolute Gasteiger partial charge is 0.486 e. The first-order valence-corrected chi connectivity index (χ1v) is 9.40. The second kappa shape index (κ2) is 7.01. The van der Waals surface area contributed by atoms with Gasteiger partial charge in [-0.25, -0.2) is 9.78 Å². The highest BCUT2D eigenvalue weighted by Gasteiger charge is 2.32. The summed E-state index contributed by atoms with van der Waals surface area (Å²) >= 11 is 0. The van der Waals surface area contributed by atoms with E-state index in [0.717, 1.165) is 10.3 Å². The van der Waals surface area contributed by atoms with Gasteiger partial charge in [-0.1, -0.05) is 0 Å². The number of imidazole rings is 1. The second-order valence-corrected chi connectivity index (χ2v) is 7.52. The number of nitrogens with zero attached hydrogens (tertiary/aromatic N) is 6. The minimum atomic E-state index is -0.496. The van der Waals surface area contributed by atoms with Crippen molar-refractivity contribution in [2.75, 3.05) is 13.1 Å². The van der Waals surface area contributed by atoms with Crippen LogP contribution in [0.25, 0.3) is 11.2 Å². The Bertz CT molecular complexity index is 1340. The van der Waals surface area contributed by atoms with E-state index in [0.29, 0.717) is 18.8 Å². The number of likely N-dealkylation sites (tertiary alicyclic amines) is 1. The third kappa shape index (κ3) is 3.11. The number of rotatable bonds is 4. The van der Waals surface area contributed by atoms with Crippen LogP contribution < -0.4 is 21.5 Å². The highest BCUT2D eigenvalue weighted by molar-refractivity contribution is 5.79. The van der Waals surface area contributed by atoms with E-state index in [1.807, 2.05) is 6.92 Å². The van der Waals surface area contributed by atoms with Crippen LogP contribution in [0.2, 0.25) is 0 Å². The maximum Gasteiger partial charge on any atom is 0.332 e. The lowest BCUT2D eigenvalue weighted by Gasteiger charge is -2.39. The van der Waals surface area contributed by atoms with Gasteiger partial charge in [0.2, 0.25) is 5.91 Å². The molecule has 1 aliphatic rings. The van der Waals surface area contributed by atoms with E-state index in [2.05, 4.69) is 4.98 Å². The summed E-state index contributed by atoms with van der Waals surface area (Å²) in [6.07, 6.45) is 1.19. The molecule has 30 heavy (non-hydrogen) atoms. The van der Waals surface area contributed by atoms with E-state index in [-0.39, 0.29) is 35.3 Å². The van der Waals surface area contributed by atoms with Crippen molar-refractivity contribution in [3.8, 4) is 5.75 Å². The summed E-state index contributed by atoms with van der Waals surface area (Å²) in [5, 5.41) is 0. The van der Waals surface area contributed by atoms with Crippen molar-refractivity contribution < 1.29 is 9.53 Å². The van der Waals surface area contributed by atoms with E-state index in [4.69, 9.17) is 4.74 Å². The molecule has 11 nitrogen and oxygen atoms in total. The van der Waals surface area contributed by atoms with Crippen molar-refractivity contribution in [3.63, 3.8) is 0 Å². The van der Waals surface area contributed by atoms with E-state index in [9.17, 15) is 19.2 Å². The lowest BCUT2D eigenvalue weighted by atomic mass is 10.1. The zero-order valence-electron chi connectivity index (χ0n) is 17.2. The SMILES string of the molecule is Cc1cc(OC2CN(C(=O)Cn3cnc4c3c(=O)n(C)c(=O)n4C)C2)cc(=O)n1C. The van der Waals surface area contributed by atoms with Gasteiger partial charge in [0.25, 0.3) is 11.1 Å². The maximum absolute atomic E-state index is 12.6. The predicted molar refractivity (Wildman–Crippen MR) is 108 cm³/mol. The van der Waals surface area contributed by atoms with Gasteiger partial charge in [-0.15, -0.1) is 0 Å². The number of aryl methyl sites for hydroxylation is 2. The number of ether oxygens (including phenoxy) is 1. The van der Waals surface area contributed by atoms with Crippen LogP contribution in [0.5, 0.6) is 5.75 Å². The van der Waals surface area contributed by atoms with Crippen LogP contribution in [-0.2, 0) is 32.5 Å². The molecule has 11 heteroatoms. The number of fused-ring (bicyclic) bond motifs is 1. The Morgan fingerprint density at radius 2 is 1.80 bits per heavy atom. The van der Waals surface area contributed by atoms with Crippen molar-refractivity contribution in [1.82, 2.24) is 28.2 Å². The molecule has 0 unspecified atom stereocenters. The highest BCUT2D eigenvalue weighted by Crippen LogP contribution is 2.18. The Hall–Kier alpha value is -3.63. The van der Waals surface area contributed by atoms with Crippen molar-refractivity contribution in [1.29, 1.82) is 0 Å². The van der Waals surface area contributed by atoms with Crippen LogP contribution in [0.4, 0.5) is 0 Å². The number of aromatic nitrogens is 5. The summed E-state index contributed by atoms with van der Waals surface area (Å²) in [5.74, 6) is 0.294. The number of pyridine rings is 1. The number of amides is 1. The minimum Gasteiger partial charge on any atom is -0.486 e. The molecule has 0 spiro atoms. The number of hydrogen-bond acceptors (Lipinski definition) is 6. The molecular formula is C19H22N6O5. The Morgan fingerprint density at radius 3 is 2.47 bits per heavy atom. The fourth-order valence-corrected chi connectivity index (χ4v) is 3.48. The van der Waals surface area contributed by atoms with Crippen LogP contribution in [0.3, 0.4) is 0 Å². The molecule has 1 amide bonds. The lowest BCUT2D eigenvalue weighted by molar-refractivity contribution is -0.140. The summed E-state index contributed by atoms with van der Waals surface area (Å²) < 4.78 is 11.0. The van der Waals surface area contributed by atoms with Crippen LogP contribution >= 0.6 is 0 Å². The molecular weight excluding hydrogens is 392 g/mol. The van der Waals surface area contributed by atoms with Crippen molar-refractivity contribution in [2.45, 2.75) is 19.6 Å². The monoisotopic (exact) mass is 414 g/mol. The van der Waals surface area contributed by atoms with Crippen LogP contribution in [0.1, 0.15) is 5.69 Å². The van der Waals surface area contributed by atoms with Gasteiger partial charge in [-0.05, 0) is 13.0 Å². The molecule has 0 atom stereocenters. The van der Waals surface area contributed by atoms with E-state index < -0.39 is 11.2 Å². The zero-order valence-corrected chi connectivity index (χ0v) is 17.2. The minimum absolute atomic E-state index is 0.0678. The molecule has 3 aromatic rings. The number of carbonyl (C=O) groups is 1. The third-order valence-electron chi connectivity index (χ3n) is 5.50. The fraction of sp³-hybridized carbons (Fsp3) is 0.421. The number of carbonyl (C=O) groups excluding carboxylic acids is 1. The van der Waals surface area contributed by atoms with Crippen LogP contribution in [0.15, 0.2) is 32.8 Å². The van der Waals surface area contributed by atoms with E-state index >= 15 is 0 Å². The lowest BCUT2D eigenvalue weighted by Crippen LogP contribution is -2.57. The molecule has 0 aromatic carbocycles. The van der Waals surface area contributed by atoms with Gasteiger partial charge >= 0.3 is 5.69 Å². The molecule has 0 N–H and O–H groups in total. The molecule has 4 rings (SSSR count). The Morgan fingerprint density at radius 1 is 1.10 bits per heavy atom. The molecule has 158 valence electrons. The molecule has 0 saturated carbocycles. The molecule has 3 aromatic heterocycles. The quantitative estimate of drug-likeness (QED) is 0.526. The summed E-state index contributed by atoms with van der Waals surface area (Å²) in [6, 6.07) is 3.21. The first-order chi connectivity index (χ1) is 14.2. The fourth-order valence-electron chi connectivity index (χ4n) is 3.48. The Balaban J connectivity index is 1.45. The predicted octanol–water partition coefficient (Wildman–Crippen LogP) is -1.27. The number of hydrogen-bond donors (Lipinski definition) is 0. The summed E-state index contributed by atoms with van der Waals surface area (Å²) in [4.78, 5) is 54.7. The normalized spacial score (nSPS) is 14.2. The average molecular weight is 414 g/mol. The highest BCUT2D eigenvalue weighted by atomic mass is 16.5. The Kier molecular flexibility index (Phi) is 4.60. The standard InChI is InChI=1S/C19H22N6O5/c1-11-5-12(6-14(26)21(11)2)30-13-7-24(8-13)15(27)9-25-10-20-17-16(25)18(28)23(4)19(29)22(17)3/h5-6,10,13H,7-9H2,1-4H3. The molecule has 0 bridgehead atoms. The van der Waals surface area contributed by atoms with Gasteiger partial charge in [0, 0.05) is 32.9 Å². The first kappa shape index (κ1) is 19.7. The summed E-state index contributed by atoms with van der Waals surface area (Å²) in [5.41, 5.74) is 0.105. The van der Waals surface area contributed by atoms with Gasteiger partial charge in [-0.2, -0.15) is 0 Å². The topological polar surface area (TPSA) is 113 Å². The third-order valence-corrected chi connectivity index (χ3v) is 5.50. The molecule has 0 aliphatic carbocycles. The van der Waals surface area contributed by atoms with Crippen LogP contribution in [0, 0.1) is 6.92 Å². The smallest absolute Gasteiger partial charge is 0.332 e. The molecule has 1 saturated heterocycles. The van der Waals surface area contributed by atoms with Gasteiger partial charge in [0.05, 0.1) is 19.4 Å². The van der Waals surface area contributed by atoms with Crippen molar-refractivity contribution in [2.24, 2.45) is 21.1 Å². The van der Waals surface area contributed by atoms with Gasteiger partial charge in [-0.3, -0.25) is 23.5 Å². The van der Waals surface area contributed by atoms with Crippen LogP contribution in [-0.4, -0.2) is 53.3 Å². The van der Waals surface area contributed by atoms with Crippen molar-refractivity contribution in [3.05, 3.63) is 55.3 Å². The first-order valence-electron chi connectivity index (χ1n) is 9.40. The molecule has 1 aliphatic heterocycles. The van der Waals surface area contributed by atoms with Crippen molar-refractivity contribution >= 4 is 17.1 Å². The average Bonchev–Trinajstić information content (AvgIpc) is 3.08. The molecule has 1 fully saturated rings. The second-order valence-electron chi connectivity index (χ2n) is 7.52. The summed E-state index contributed by atoms with van der Waals surface area (Å²) in [6.45, 7) is 2.52. The Labute approximate surface area is 170 Å². The summed E-state index contributed by atoms with van der Waals surface area (Å²) in [7, 11) is 4.61. The molecule has 0 radical (unpaired) electrons. The van der Waals surface area contributed by atoms with Gasteiger partial charge in [0.1, 0.15) is 18.4 Å². The molecule has 4 heterocycles. The maximum atomic E-state index is 12.6. The van der Waals surface area contributed by atoms with E-state index in [1.54, 1.807) is 18.0 Å².